The first-order valence-corrected chi connectivity index (χ1v) is 5.72. The maximum atomic E-state index is 11.8. The van der Waals surface area contributed by atoms with Crippen molar-refractivity contribution in [2.24, 2.45) is 5.92 Å². The summed E-state index contributed by atoms with van der Waals surface area (Å²) in [5.41, 5.74) is 1.08. The Morgan fingerprint density at radius 3 is 3.00 bits per heavy atom. The standard InChI is InChI=1S/C12H22N2O/c1-10-4-5-12(15)14(7-6-10)9-11(2)8-13-3/h10,13H,2,4-9H2,1,3H3. The Labute approximate surface area is 92.5 Å². The van der Waals surface area contributed by atoms with Crippen LogP contribution in [-0.2, 0) is 4.79 Å². The Morgan fingerprint density at radius 1 is 1.60 bits per heavy atom. The van der Waals surface area contributed by atoms with Crippen molar-refractivity contribution in [3.05, 3.63) is 12.2 Å². The second kappa shape index (κ2) is 5.91. The zero-order valence-corrected chi connectivity index (χ0v) is 9.88. The van der Waals surface area contributed by atoms with Gasteiger partial charge < -0.3 is 10.2 Å². The van der Waals surface area contributed by atoms with Crippen molar-refractivity contribution in [3.63, 3.8) is 0 Å². The van der Waals surface area contributed by atoms with Gasteiger partial charge in [-0.05, 0) is 31.4 Å². The average molecular weight is 210 g/mol. The molecule has 0 radical (unpaired) electrons. The molecule has 1 saturated heterocycles. The fourth-order valence-corrected chi connectivity index (χ4v) is 1.92. The van der Waals surface area contributed by atoms with Gasteiger partial charge in [-0.1, -0.05) is 13.5 Å². The molecule has 0 saturated carbocycles. The highest BCUT2D eigenvalue weighted by molar-refractivity contribution is 5.76. The minimum Gasteiger partial charge on any atom is -0.339 e. The number of rotatable bonds is 4. The number of nitrogens with zero attached hydrogens (tertiary/aromatic N) is 1. The molecule has 0 bridgehead atoms. The van der Waals surface area contributed by atoms with E-state index in [0.717, 1.165) is 31.5 Å². The van der Waals surface area contributed by atoms with Gasteiger partial charge in [0.15, 0.2) is 0 Å². The highest BCUT2D eigenvalue weighted by Gasteiger charge is 2.20. The first-order valence-electron chi connectivity index (χ1n) is 5.72. The summed E-state index contributed by atoms with van der Waals surface area (Å²) in [5, 5.41) is 3.06. The van der Waals surface area contributed by atoms with Gasteiger partial charge in [-0.15, -0.1) is 0 Å². The van der Waals surface area contributed by atoms with Crippen LogP contribution in [0.15, 0.2) is 12.2 Å². The Balaban J connectivity index is 2.45. The summed E-state index contributed by atoms with van der Waals surface area (Å²) in [4.78, 5) is 13.7. The molecule has 1 rings (SSSR count). The summed E-state index contributed by atoms with van der Waals surface area (Å²) in [7, 11) is 1.90. The van der Waals surface area contributed by atoms with Gasteiger partial charge in [0.2, 0.25) is 5.91 Å². The lowest BCUT2D eigenvalue weighted by atomic mass is 10.0. The second-order valence-corrected chi connectivity index (χ2v) is 4.53. The van der Waals surface area contributed by atoms with Crippen LogP contribution in [0.5, 0.6) is 0 Å². The fraction of sp³-hybridized carbons (Fsp3) is 0.750. The topological polar surface area (TPSA) is 32.3 Å². The number of carbonyl (C=O) groups is 1. The van der Waals surface area contributed by atoms with E-state index in [4.69, 9.17) is 0 Å². The maximum absolute atomic E-state index is 11.8. The SMILES string of the molecule is C=C(CNC)CN1CCC(C)CCC1=O. The average Bonchev–Trinajstić information content (AvgIpc) is 2.33. The summed E-state index contributed by atoms with van der Waals surface area (Å²) in [6.45, 7) is 8.58. The molecule has 3 heteroatoms. The monoisotopic (exact) mass is 210 g/mol. The molecule has 0 spiro atoms. The van der Waals surface area contributed by atoms with E-state index in [0.29, 0.717) is 18.9 Å². The number of likely N-dealkylation sites (N-methyl/N-ethyl adjacent to an activating group) is 1. The minimum absolute atomic E-state index is 0.289. The van der Waals surface area contributed by atoms with E-state index in [9.17, 15) is 4.79 Å². The summed E-state index contributed by atoms with van der Waals surface area (Å²) in [6, 6.07) is 0. The van der Waals surface area contributed by atoms with Gasteiger partial charge in [0.1, 0.15) is 0 Å². The Hall–Kier alpha value is -0.830. The molecule has 1 aliphatic heterocycles. The molecule has 3 nitrogen and oxygen atoms in total. The third-order valence-electron chi connectivity index (χ3n) is 2.94. The van der Waals surface area contributed by atoms with Gasteiger partial charge in [-0.2, -0.15) is 0 Å². The Morgan fingerprint density at radius 2 is 2.33 bits per heavy atom. The van der Waals surface area contributed by atoms with Crippen molar-refractivity contribution >= 4 is 5.91 Å². The molecule has 15 heavy (non-hydrogen) atoms. The van der Waals surface area contributed by atoms with Crippen LogP contribution in [0.1, 0.15) is 26.2 Å². The predicted octanol–water partition coefficient (Wildman–Crippen LogP) is 1.41. The number of hydrogen-bond donors (Lipinski definition) is 1. The van der Waals surface area contributed by atoms with Crippen LogP contribution in [0.4, 0.5) is 0 Å². The van der Waals surface area contributed by atoms with E-state index < -0.39 is 0 Å². The van der Waals surface area contributed by atoms with E-state index in [1.165, 1.54) is 0 Å². The maximum Gasteiger partial charge on any atom is 0.222 e. The van der Waals surface area contributed by atoms with Crippen LogP contribution < -0.4 is 5.32 Å². The first kappa shape index (κ1) is 12.2. The lowest BCUT2D eigenvalue weighted by Gasteiger charge is -2.21. The molecule has 1 fully saturated rings. The second-order valence-electron chi connectivity index (χ2n) is 4.53. The third-order valence-corrected chi connectivity index (χ3v) is 2.94. The van der Waals surface area contributed by atoms with E-state index in [1.54, 1.807) is 0 Å². The predicted molar refractivity (Wildman–Crippen MR) is 62.7 cm³/mol. The zero-order valence-electron chi connectivity index (χ0n) is 9.88. The summed E-state index contributed by atoms with van der Waals surface area (Å²) in [6.07, 6.45) is 2.86. The van der Waals surface area contributed by atoms with Crippen LogP contribution in [0, 0.1) is 5.92 Å². The number of hydrogen-bond acceptors (Lipinski definition) is 2. The highest BCUT2D eigenvalue weighted by atomic mass is 16.2. The smallest absolute Gasteiger partial charge is 0.222 e. The molecule has 0 aromatic heterocycles. The van der Waals surface area contributed by atoms with Gasteiger partial charge >= 0.3 is 0 Å². The van der Waals surface area contributed by atoms with Crippen molar-refractivity contribution < 1.29 is 4.79 Å². The molecule has 1 unspecified atom stereocenters. The van der Waals surface area contributed by atoms with Crippen molar-refractivity contribution in [2.45, 2.75) is 26.2 Å². The molecular formula is C12H22N2O. The normalized spacial score (nSPS) is 22.7. The van der Waals surface area contributed by atoms with Gasteiger partial charge in [0.25, 0.3) is 0 Å². The molecule has 0 aromatic rings. The van der Waals surface area contributed by atoms with Crippen molar-refractivity contribution in [1.82, 2.24) is 10.2 Å². The van der Waals surface area contributed by atoms with E-state index >= 15 is 0 Å². The molecule has 1 amide bonds. The number of likely N-dealkylation sites (tertiary alicyclic amines) is 1. The minimum atomic E-state index is 0.289. The van der Waals surface area contributed by atoms with Gasteiger partial charge in [0, 0.05) is 26.1 Å². The van der Waals surface area contributed by atoms with Crippen LogP contribution in [0.2, 0.25) is 0 Å². The van der Waals surface area contributed by atoms with Crippen LogP contribution in [0.3, 0.4) is 0 Å². The summed E-state index contributed by atoms with van der Waals surface area (Å²) >= 11 is 0. The van der Waals surface area contributed by atoms with Gasteiger partial charge in [-0.25, -0.2) is 0 Å². The lowest BCUT2D eigenvalue weighted by molar-refractivity contribution is -0.130. The Kier molecular flexibility index (Phi) is 4.82. The molecule has 86 valence electrons. The fourth-order valence-electron chi connectivity index (χ4n) is 1.92. The molecule has 0 aliphatic carbocycles. The third kappa shape index (κ3) is 4.04. The zero-order chi connectivity index (χ0) is 11.3. The number of carbonyl (C=O) groups excluding carboxylic acids is 1. The van der Waals surface area contributed by atoms with Gasteiger partial charge in [-0.3, -0.25) is 4.79 Å². The van der Waals surface area contributed by atoms with E-state index in [-0.39, 0.29) is 5.91 Å². The van der Waals surface area contributed by atoms with E-state index in [1.807, 2.05) is 11.9 Å². The molecule has 1 N–H and O–H groups in total. The molecular weight excluding hydrogens is 188 g/mol. The van der Waals surface area contributed by atoms with Crippen molar-refractivity contribution in [2.75, 3.05) is 26.7 Å². The molecule has 1 heterocycles. The first-order chi connectivity index (χ1) is 7.13. The summed E-state index contributed by atoms with van der Waals surface area (Å²) in [5.74, 6) is 0.966. The molecule has 1 atom stereocenters. The molecule has 1 aliphatic rings. The number of nitrogens with one attached hydrogen (secondary N) is 1. The number of amides is 1. The quantitative estimate of drug-likeness (QED) is 0.712. The van der Waals surface area contributed by atoms with E-state index in [2.05, 4.69) is 18.8 Å². The van der Waals surface area contributed by atoms with Crippen LogP contribution in [0.25, 0.3) is 0 Å². The lowest BCUT2D eigenvalue weighted by Crippen LogP contribution is -2.33. The Bertz CT molecular complexity index is 238. The summed E-state index contributed by atoms with van der Waals surface area (Å²) < 4.78 is 0. The largest absolute Gasteiger partial charge is 0.339 e. The van der Waals surface area contributed by atoms with Crippen molar-refractivity contribution in [3.8, 4) is 0 Å². The van der Waals surface area contributed by atoms with Crippen LogP contribution in [-0.4, -0.2) is 37.5 Å². The highest BCUT2D eigenvalue weighted by Crippen LogP contribution is 2.17. The van der Waals surface area contributed by atoms with Gasteiger partial charge in [0.05, 0.1) is 0 Å². The van der Waals surface area contributed by atoms with Crippen molar-refractivity contribution in [1.29, 1.82) is 0 Å². The van der Waals surface area contributed by atoms with Crippen LogP contribution >= 0.6 is 0 Å². The molecule has 0 aromatic carbocycles.